The van der Waals surface area contributed by atoms with Crippen molar-refractivity contribution in [3.05, 3.63) is 0 Å². The van der Waals surface area contributed by atoms with E-state index in [-0.39, 0.29) is 31.3 Å². The van der Waals surface area contributed by atoms with Gasteiger partial charge >= 0.3 is 6.18 Å². The molecule has 0 N–H and O–H groups in total. The maximum atomic E-state index is 12.3. The summed E-state index contributed by atoms with van der Waals surface area (Å²) in [6.45, 7) is 2.67. The van der Waals surface area contributed by atoms with Gasteiger partial charge in [0.05, 0.1) is 19.0 Å². The Bertz CT molecular complexity index is 323. The smallest absolute Gasteiger partial charge is 0.345 e. The quantitative estimate of drug-likeness (QED) is 0.716. The van der Waals surface area contributed by atoms with Gasteiger partial charge in [0.2, 0.25) is 5.91 Å². The standard InChI is InChI=1S/C12H20F3N3O/c1-10(2)18(9-12(13,14)15)8-5-11(19)17(3)7-4-6-16/h10H,4-5,7-9H2,1-3H3. The van der Waals surface area contributed by atoms with E-state index in [1.54, 1.807) is 20.9 Å². The molecule has 7 heteroatoms. The third-order valence-corrected chi connectivity index (χ3v) is 2.71. The van der Waals surface area contributed by atoms with Crippen LogP contribution in [0.25, 0.3) is 0 Å². The second-order valence-corrected chi connectivity index (χ2v) is 4.65. The summed E-state index contributed by atoms with van der Waals surface area (Å²) in [5.74, 6) is -0.247. The molecule has 0 atom stereocenters. The SMILES string of the molecule is CC(C)N(CCC(=O)N(C)CCC#N)CC(F)(F)F. The molecule has 0 aromatic rings. The van der Waals surface area contributed by atoms with E-state index in [2.05, 4.69) is 0 Å². The van der Waals surface area contributed by atoms with Crippen LogP contribution in [0, 0.1) is 11.3 Å². The fourth-order valence-corrected chi connectivity index (χ4v) is 1.52. The number of carbonyl (C=O) groups is 1. The summed E-state index contributed by atoms with van der Waals surface area (Å²) in [5, 5.41) is 8.39. The topological polar surface area (TPSA) is 47.3 Å². The van der Waals surface area contributed by atoms with Crippen LogP contribution in [0.4, 0.5) is 13.2 Å². The third-order valence-electron chi connectivity index (χ3n) is 2.71. The van der Waals surface area contributed by atoms with Crippen molar-refractivity contribution in [3.63, 3.8) is 0 Å². The Labute approximate surface area is 111 Å². The van der Waals surface area contributed by atoms with Gasteiger partial charge in [-0.1, -0.05) is 0 Å². The molecule has 0 unspecified atom stereocenters. The zero-order valence-electron chi connectivity index (χ0n) is 11.5. The van der Waals surface area contributed by atoms with Gasteiger partial charge in [-0.15, -0.1) is 0 Å². The largest absolute Gasteiger partial charge is 0.401 e. The minimum atomic E-state index is -4.26. The molecule has 110 valence electrons. The van der Waals surface area contributed by atoms with Crippen LogP contribution in [0.15, 0.2) is 0 Å². The lowest BCUT2D eigenvalue weighted by molar-refractivity contribution is -0.151. The summed E-state index contributed by atoms with van der Waals surface area (Å²) in [7, 11) is 1.54. The van der Waals surface area contributed by atoms with E-state index < -0.39 is 12.7 Å². The van der Waals surface area contributed by atoms with Crippen molar-refractivity contribution in [2.45, 2.75) is 38.9 Å². The first kappa shape index (κ1) is 17.7. The fourth-order valence-electron chi connectivity index (χ4n) is 1.52. The molecule has 0 aliphatic carbocycles. The summed E-state index contributed by atoms with van der Waals surface area (Å²) in [6, 6.07) is 1.64. The predicted molar refractivity (Wildman–Crippen MR) is 65.2 cm³/mol. The lowest BCUT2D eigenvalue weighted by Gasteiger charge is -2.27. The van der Waals surface area contributed by atoms with Crippen LogP contribution in [-0.4, -0.2) is 54.6 Å². The van der Waals surface area contributed by atoms with Crippen molar-refractivity contribution < 1.29 is 18.0 Å². The lowest BCUT2D eigenvalue weighted by Crippen LogP contribution is -2.41. The average Bonchev–Trinajstić information content (AvgIpc) is 2.29. The second kappa shape index (κ2) is 8.00. The van der Waals surface area contributed by atoms with Gasteiger partial charge in [-0.25, -0.2) is 0 Å². The van der Waals surface area contributed by atoms with Crippen molar-refractivity contribution in [2.75, 3.05) is 26.7 Å². The van der Waals surface area contributed by atoms with Crippen LogP contribution in [-0.2, 0) is 4.79 Å². The highest BCUT2D eigenvalue weighted by molar-refractivity contribution is 5.76. The number of halogens is 3. The Balaban J connectivity index is 4.25. The van der Waals surface area contributed by atoms with Crippen molar-refractivity contribution in [1.82, 2.24) is 9.80 Å². The molecule has 19 heavy (non-hydrogen) atoms. The van der Waals surface area contributed by atoms with Crippen LogP contribution in [0.1, 0.15) is 26.7 Å². The van der Waals surface area contributed by atoms with Crippen LogP contribution in [0.3, 0.4) is 0 Å². The Morgan fingerprint density at radius 3 is 2.32 bits per heavy atom. The zero-order valence-corrected chi connectivity index (χ0v) is 11.5. The summed E-state index contributed by atoms with van der Waals surface area (Å²) >= 11 is 0. The van der Waals surface area contributed by atoms with Gasteiger partial charge in [0.1, 0.15) is 0 Å². The molecular formula is C12H20F3N3O. The Hall–Kier alpha value is -1.29. The molecule has 0 radical (unpaired) electrons. The van der Waals surface area contributed by atoms with Crippen LogP contribution < -0.4 is 0 Å². The maximum Gasteiger partial charge on any atom is 0.401 e. The summed E-state index contributed by atoms with van der Waals surface area (Å²) < 4.78 is 37.0. The zero-order chi connectivity index (χ0) is 15.1. The van der Waals surface area contributed by atoms with Crippen molar-refractivity contribution in [3.8, 4) is 6.07 Å². The van der Waals surface area contributed by atoms with E-state index >= 15 is 0 Å². The van der Waals surface area contributed by atoms with Gasteiger partial charge in [-0.05, 0) is 13.8 Å². The predicted octanol–water partition coefficient (Wildman–Crippen LogP) is 2.02. The van der Waals surface area contributed by atoms with Crippen molar-refractivity contribution in [2.24, 2.45) is 0 Å². The molecule has 0 bridgehead atoms. The van der Waals surface area contributed by atoms with Crippen molar-refractivity contribution >= 4 is 5.91 Å². The number of hydrogen-bond acceptors (Lipinski definition) is 3. The molecule has 4 nitrogen and oxygen atoms in total. The normalized spacial score (nSPS) is 11.7. The van der Waals surface area contributed by atoms with Gasteiger partial charge in [0.15, 0.2) is 0 Å². The first-order valence-corrected chi connectivity index (χ1v) is 6.09. The van der Waals surface area contributed by atoms with E-state index in [9.17, 15) is 18.0 Å². The fraction of sp³-hybridized carbons (Fsp3) is 0.833. The summed E-state index contributed by atoms with van der Waals surface area (Å²) in [5.41, 5.74) is 0. The van der Waals surface area contributed by atoms with Gasteiger partial charge in [0.25, 0.3) is 0 Å². The highest BCUT2D eigenvalue weighted by atomic mass is 19.4. The van der Waals surface area contributed by atoms with Crippen LogP contribution >= 0.6 is 0 Å². The molecule has 0 heterocycles. The lowest BCUT2D eigenvalue weighted by atomic mass is 10.2. The first-order chi connectivity index (χ1) is 8.67. The molecule has 0 spiro atoms. The number of rotatable bonds is 7. The molecule has 0 rings (SSSR count). The molecule has 0 fully saturated rings. The van der Waals surface area contributed by atoms with Crippen LogP contribution in [0.5, 0.6) is 0 Å². The van der Waals surface area contributed by atoms with Gasteiger partial charge in [-0.3, -0.25) is 9.69 Å². The second-order valence-electron chi connectivity index (χ2n) is 4.65. The van der Waals surface area contributed by atoms with E-state index in [1.807, 2.05) is 6.07 Å². The molecule has 0 aliphatic rings. The molecule has 0 saturated heterocycles. The van der Waals surface area contributed by atoms with Gasteiger partial charge < -0.3 is 4.90 Å². The average molecular weight is 279 g/mol. The van der Waals surface area contributed by atoms with E-state index in [4.69, 9.17) is 5.26 Å². The third kappa shape index (κ3) is 8.43. The number of nitrogens with zero attached hydrogens (tertiary/aromatic N) is 3. The molecule has 1 amide bonds. The number of nitriles is 1. The highest BCUT2D eigenvalue weighted by Gasteiger charge is 2.31. The van der Waals surface area contributed by atoms with Crippen LogP contribution in [0.2, 0.25) is 0 Å². The molecule has 0 saturated carbocycles. The van der Waals surface area contributed by atoms with E-state index in [1.165, 1.54) is 9.80 Å². The van der Waals surface area contributed by atoms with Crippen molar-refractivity contribution in [1.29, 1.82) is 5.26 Å². The number of hydrogen-bond donors (Lipinski definition) is 0. The number of carbonyl (C=O) groups excluding carboxylic acids is 1. The maximum absolute atomic E-state index is 12.3. The molecule has 0 aromatic carbocycles. The Morgan fingerprint density at radius 1 is 1.32 bits per heavy atom. The van der Waals surface area contributed by atoms with E-state index in [0.717, 1.165) is 0 Å². The van der Waals surface area contributed by atoms with E-state index in [0.29, 0.717) is 6.54 Å². The van der Waals surface area contributed by atoms with Gasteiger partial charge in [-0.2, -0.15) is 18.4 Å². The summed E-state index contributed by atoms with van der Waals surface area (Å²) in [4.78, 5) is 14.2. The molecule has 0 aliphatic heterocycles. The highest BCUT2D eigenvalue weighted by Crippen LogP contribution is 2.18. The monoisotopic (exact) mass is 279 g/mol. The molecular weight excluding hydrogens is 259 g/mol. The summed E-state index contributed by atoms with van der Waals surface area (Å²) in [6.07, 6.45) is -4.02. The Morgan fingerprint density at radius 2 is 1.89 bits per heavy atom. The number of alkyl halides is 3. The minimum Gasteiger partial charge on any atom is -0.345 e. The van der Waals surface area contributed by atoms with Gasteiger partial charge in [0, 0.05) is 32.6 Å². The Kier molecular flexibility index (Phi) is 7.45. The minimum absolute atomic E-state index is 0.0240. The number of amides is 1. The molecule has 0 aromatic heterocycles. The first-order valence-electron chi connectivity index (χ1n) is 6.09.